The first kappa shape index (κ1) is 14.6. The van der Waals surface area contributed by atoms with E-state index in [0.717, 1.165) is 12.1 Å². The fraction of sp³-hybridized carbons (Fsp3) is 0.400. The van der Waals surface area contributed by atoms with Crippen molar-refractivity contribution < 1.29 is 13.3 Å². The zero-order valence-corrected chi connectivity index (χ0v) is 10.9. The van der Waals surface area contributed by atoms with Crippen LogP contribution in [0.15, 0.2) is 29.2 Å². The van der Waals surface area contributed by atoms with E-state index < -0.39 is 14.9 Å². The number of hydrogen-bond donors (Lipinski definition) is 2. The van der Waals surface area contributed by atoms with Crippen molar-refractivity contribution in [3.63, 3.8) is 0 Å². The molecule has 0 aliphatic rings. The van der Waals surface area contributed by atoms with Gasteiger partial charge in [-0.25, -0.2) is 13.1 Å². The van der Waals surface area contributed by atoms with E-state index in [1.165, 1.54) is 12.1 Å². The van der Waals surface area contributed by atoms with Crippen molar-refractivity contribution >= 4 is 15.7 Å². The minimum Gasteiger partial charge on any atom is -0.316 e. The molecule has 1 unspecified atom stereocenters. The Morgan fingerprint density at radius 1 is 1.33 bits per heavy atom. The largest absolute Gasteiger partial charge is 0.316 e. The Hall–Kier alpha value is -1.51. The maximum Gasteiger partial charge on any atom is 0.269 e. The second-order valence-electron chi connectivity index (χ2n) is 3.79. The van der Waals surface area contributed by atoms with Gasteiger partial charge in [-0.1, -0.05) is 0 Å². The Kier molecular flexibility index (Phi) is 4.76. The van der Waals surface area contributed by atoms with Crippen LogP contribution < -0.4 is 10.0 Å². The number of nitro benzene ring substituents is 1. The lowest BCUT2D eigenvalue weighted by Crippen LogP contribution is -2.37. The SMILES string of the molecule is CNC(C)CNS(=O)(=O)c1ccc([N+](=O)[O-])cc1. The van der Waals surface area contributed by atoms with Gasteiger partial charge in [-0.2, -0.15) is 0 Å². The molecule has 0 aliphatic heterocycles. The van der Waals surface area contributed by atoms with E-state index in [1.807, 2.05) is 6.92 Å². The summed E-state index contributed by atoms with van der Waals surface area (Å²) in [5, 5.41) is 13.3. The zero-order chi connectivity index (χ0) is 13.8. The number of nitrogens with one attached hydrogen (secondary N) is 2. The molecule has 0 spiro atoms. The van der Waals surface area contributed by atoms with Crippen molar-refractivity contribution in [2.24, 2.45) is 0 Å². The van der Waals surface area contributed by atoms with E-state index in [9.17, 15) is 18.5 Å². The monoisotopic (exact) mass is 273 g/mol. The minimum absolute atomic E-state index is 0.00202. The van der Waals surface area contributed by atoms with Gasteiger partial charge in [0.15, 0.2) is 0 Å². The molecule has 8 heteroatoms. The maximum atomic E-state index is 11.8. The zero-order valence-electron chi connectivity index (χ0n) is 10.1. The Morgan fingerprint density at radius 3 is 2.33 bits per heavy atom. The highest BCUT2D eigenvalue weighted by atomic mass is 32.2. The van der Waals surface area contributed by atoms with Gasteiger partial charge in [0.25, 0.3) is 5.69 Å². The molecule has 100 valence electrons. The van der Waals surface area contributed by atoms with Gasteiger partial charge in [0.05, 0.1) is 9.82 Å². The standard InChI is InChI=1S/C10H15N3O4S/c1-8(11-2)7-12-18(16,17)10-5-3-9(4-6-10)13(14)15/h3-6,8,11-12H,7H2,1-2H3. The number of hydrogen-bond acceptors (Lipinski definition) is 5. The fourth-order valence-electron chi connectivity index (χ4n) is 1.17. The van der Waals surface area contributed by atoms with E-state index in [2.05, 4.69) is 10.0 Å². The predicted octanol–water partition coefficient (Wildman–Crippen LogP) is 0.481. The normalized spacial score (nSPS) is 13.2. The molecule has 18 heavy (non-hydrogen) atoms. The Labute approximate surface area is 105 Å². The lowest BCUT2D eigenvalue weighted by atomic mass is 10.3. The summed E-state index contributed by atoms with van der Waals surface area (Å²) >= 11 is 0. The van der Waals surface area contributed by atoms with Crippen LogP contribution >= 0.6 is 0 Å². The average Bonchev–Trinajstić information content (AvgIpc) is 2.36. The maximum absolute atomic E-state index is 11.8. The van der Waals surface area contributed by atoms with Gasteiger partial charge in [0.2, 0.25) is 10.0 Å². The number of sulfonamides is 1. The second kappa shape index (κ2) is 5.89. The molecule has 0 fully saturated rings. The van der Waals surface area contributed by atoms with Gasteiger partial charge in [0.1, 0.15) is 0 Å². The summed E-state index contributed by atoms with van der Waals surface area (Å²) in [6.07, 6.45) is 0. The lowest BCUT2D eigenvalue weighted by molar-refractivity contribution is -0.384. The molecule has 0 aromatic heterocycles. The molecule has 1 aromatic carbocycles. The Balaban J connectivity index is 2.82. The van der Waals surface area contributed by atoms with Crippen LogP contribution in [0, 0.1) is 10.1 Å². The summed E-state index contributed by atoms with van der Waals surface area (Å²) < 4.78 is 26.1. The molecule has 1 aromatic rings. The molecule has 0 heterocycles. The van der Waals surface area contributed by atoms with Crippen LogP contribution in [-0.2, 0) is 10.0 Å². The topological polar surface area (TPSA) is 101 Å². The van der Waals surface area contributed by atoms with Gasteiger partial charge in [-0.3, -0.25) is 10.1 Å². The number of rotatable bonds is 6. The average molecular weight is 273 g/mol. The van der Waals surface area contributed by atoms with Gasteiger partial charge in [0, 0.05) is 24.7 Å². The first-order valence-corrected chi connectivity index (χ1v) is 6.76. The second-order valence-corrected chi connectivity index (χ2v) is 5.56. The third kappa shape index (κ3) is 3.76. The highest BCUT2D eigenvalue weighted by Crippen LogP contribution is 2.15. The summed E-state index contributed by atoms with van der Waals surface area (Å²) in [5.74, 6) is 0. The van der Waals surface area contributed by atoms with Gasteiger partial charge in [-0.05, 0) is 26.1 Å². The van der Waals surface area contributed by atoms with Crippen LogP contribution in [0.1, 0.15) is 6.92 Å². The summed E-state index contributed by atoms with van der Waals surface area (Å²) in [5.41, 5.74) is -0.141. The summed E-state index contributed by atoms with van der Waals surface area (Å²) in [6.45, 7) is 2.08. The van der Waals surface area contributed by atoms with Crippen molar-refractivity contribution in [3.05, 3.63) is 34.4 Å². The first-order chi connectivity index (χ1) is 8.36. The van der Waals surface area contributed by atoms with Gasteiger partial charge < -0.3 is 5.32 Å². The molecule has 1 atom stereocenters. The van der Waals surface area contributed by atoms with Gasteiger partial charge in [-0.15, -0.1) is 0 Å². The summed E-state index contributed by atoms with van der Waals surface area (Å²) in [7, 11) is -1.89. The van der Waals surface area contributed by atoms with Crippen molar-refractivity contribution in [3.8, 4) is 0 Å². The number of nitro groups is 1. The molecule has 0 saturated carbocycles. The van der Waals surface area contributed by atoms with E-state index in [-0.39, 0.29) is 23.2 Å². The summed E-state index contributed by atoms with van der Waals surface area (Å²) in [4.78, 5) is 9.88. The van der Waals surface area contributed by atoms with Crippen molar-refractivity contribution in [1.82, 2.24) is 10.0 Å². The number of benzene rings is 1. The van der Waals surface area contributed by atoms with Gasteiger partial charge >= 0.3 is 0 Å². The molecule has 7 nitrogen and oxygen atoms in total. The minimum atomic E-state index is -3.62. The molecule has 1 rings (SSSR count). The molecule has 2 N–H and O–H groups in total. The molecular formula is C10H15N3O4S. The first-order valence-electron chi connectivity index (χ1n) is 5.28. The quantitative estimate of drug-likeness (QED) is 0.580. The van der Waals surface area contributed by atoms with Crippen molar-refractivity contribution in [2.45, 2.75) is 17.9 Å². The van der Waals surface area contributed by atoms with E-state index in [1.54, 1.807) is 7.05 Å². The molecule has 0 radical (unpaired) electrons. The highest BCUT2D eigenvalue weighted by Gasteiger charge is 2.16. The van der Waals surface area contributed by atoms with E-state index >= 15 is 0 Å². The molecule has 0 bridgehead atoms. The fourth-order valence-corrected chi connectivity index (χ4v) is 2.30. The van der Waals surface area contributed by atoms with Crippen LogP contribution in [0.3, 0.4) is 0 Å². The lowest BCUT2D eigenvalue weighted by Gasteiger charge is -2.11. The summed E-state index contributed by atoms with van der Waals surface area (Å²) in [6, 6.07) is 4.75. The van der Waals surface area contributed by atoms with Crippen LogP contribution in [0.2, 0.25) is 0 Å². The predicted molar refractivity (Wildman–Crippen MR) is 66.8 cm³/mol. The Bertz CT molecular complexity index is 512. The van der Waals surface area contributed by atoms with Crippen LogP contribution in [-0.4, -0.2) is 33.0 Å². The van der Waals surface area contributed by atoms with Crippen LogP contribution in [0.4, 0.5) is 5.69 Å². The molecule has 0 saturated heterocycles. The molecule has 0 amide bonds. The molecular weight excluding hydrogens is 258 g/mol. The van der Waals surface area contributed by atoms with Crippen molar-refractivity contribution in [2.75, 3.05) is 13.6 Å². The smallest absolute Gasteiger partial charge is 0.269 e. The van der Waals surface area contributed by atoms with Crippen LogP contribution in [0.25, 0.3) is 0 Å². The third-order valence-corrected chi connectivity index (χ3v) is 3.87. The van der Waals surface area contributed by atoms with E-state index in [0.29, 0.717) is 0 Å². The number of likely N-dealkylation sites (N-methyl/N-ethyl adjacent to an activating group) is 1. The number of non-ortho nitro benzene ring substituents is 1. The molecule has 0 aliphatic carbocycles. The van der Waals surface area contributed by atoms with E-state index in [4.69, 9.17) is 0 Å². The number of nitrogens with zero attached hydrogens (tertiary/aromatic N) is 1. The van der Waals surface area contributed by atoms with Crippen LogP contribution in [0.5, 0.6) is 0 Å². The highest BCUT2D eigenvalue weighted by molar-refractivity contribution is 7.89. The third-order valence-electron chi connectivity index (χ3n) is 2.43. The van der Waals surface area contributed by atoms with Crippen molar-refractivity contribution in [1.29, 1.82) is 0 Å². The Morgan fingerprint density at radius 2 is 1.89 bits per heavy atom.